The summed E-state index contributed by atoms with van der Waals surface area (Å²) < 4.78 is 15.8. The molecule has 0 aliphatic heterocycles. The zero-order valence-corrected chi connectivity index (χ0v) is 17.3. The quantitative estimate of drug-likeness (QED) is 0.494. The third-order valence-corrected chi connectivity index (χ3v) is 5.29. The minimum atomic E-state index is -0.271. The minimum absolute atomic E-state index is 0.0591. The van der Waals surface area contributed by atoms with Crippen LogP contribution in [-0.2, 0) is 11.3 Å². The summed E-state index contributed by atoms with van der Waals surface area (Å²) in [6, 6.07) is 8.64. The smallest absolute Gasteiger partial charge is 0.277 e. The Kier molecular flexibility index (Phi) is 7.09. The summed E-state index contributed by atoms with van der Waals surface area (Å²) in [7, 11) is 3.06. The third-order valence-electron chi connectivity index (χ3n) is 3.60. The predicted molar refractivity (Wildman–Crippen MR) is 109 cm³/mol. The zero-order chi connectivity index (χ0) is 20.6. The van der Waals surface area contributed by atoms with Crippen LogP contribution in [0.2, 0.25) is 0 Å². The van der Waals surface area contributed by atoms with Crippen molar-refractivity contribution in [2.24, 2.45) is 0 Å². The van der Waals surface area contributed by atoms with Gasteiger partial charge in [0, 0.05) is 6.07 Å². The van der Waals surface area contributed by atoms with Gasteiger partial charge in [-0.15, -0.1) is 21.5 Å². The van der Waals surface area contributed by atoms with Crippen molar-refractivity contribution in [2.75, 3.05) is 25.3 Å². The first kappa shape index (κ1) is 20.7. The first-order chi connectivity index (χ1) is 14.1. The Bertz CT molecular complexity index is 975. The number of anilines is 1. The Morgan fingerprint density at radius 3 is 2.79 bits per heavy atom. The molecule has 0 radical (unpaired) electrons. The summed E-state index contributed by atoms with van der Waals surface area (Å²) in [6.07, 6.45) is 0. The second-order valence-corrected chi connectivity index (χ2v) is 7.40. The first-order valence-corrected chi connectivity index (χ1v) is 10.2. The van der Waals surface area contributed by atoms with Crippen molar-refractivity contribution >= 4 is 40.6 Å². The maximum absolute atomic E-state index is 12.2. The molecule has 11 heteroatoms. The van der Waals surface area contributed by atoms with E-state index < -0.39 is 0 Å². The number of benzene rings is 1. The molecule has 3 aromatic rings. The number of thioether (sulfide) groups is 1. The van der Waals surface area contributed by atoms with Crippen LogP contribution in [0.4, 0.5) is 5.69 Å². The highest BCUT2D eigenvalue weighted by atomic mass is 32.2. The first-order valence-electron chi connectivity index (χ1n) is 8.38. The van der Waals surface area contributed by atoms with Crippen molar-refractivity contribution in [1.82, 2.24) is 15.5 Å². The molecule has 0 saturated carbocycles. The van der Waals surface area contributed by atoms with Crippen LogP contribution in [0.1, 0.15) is 15.6 Å². The molecule has 29 heavy (non-hydrogen) atoms. The van der Waals surface area contributed by atoms with Gasteiger partial charge >= 0.3 is 0 Å². The summed E-state index contributed by atoms with van der Waals surface area (Å²) in [5.41, 5.74) is 0.500. The molecule has 0 atom stereocenters. The number of carbonyl (C=O) groups excluding carboxylic acids is 2. The molecule has 3 rings (SSSR count). The number of methoxy groups -OCH3 is 2. The van der Waals surface area contributed by atoms with Gasteiger partial charge in [0.25, 0.3) is 11.1 Å². The molecule has 0 unspecified atom stereocenters. The number of carbonyl (C=O) groups is 2. The fraction of sp³-hybridized carbons (Fsp3) is 0.222. The summed E-state index contributed by atoms with van der Waals surface area (Å²) in [6.45, 7) is 0.109. The zero-order valence-electron chi connectivity index (χ0n) is 15.6. The fourth-order valence-corrected chi connectivity index (χ4v) is 3.46. The van der Waals surface area contributed by atoms with Crippen molar-refractivity contribution < 1.29 is 23.5 Å². The summed E-state index contributed by atoms with van der Waals surface area (Å²) in [4.78, 5) is 24.7. The lowest BCUT2D eigenvalue weighted by molar-refractivity contribution is -0.113. The summed E-state index contributed by atoms with van der Waals surface area (Å²) in [5, 5.41) is 15.2. The number of rotatable bonds is 9. The molecule has 2 N–H and O–H groups in total. The monoisotopic (exact) mass is 434 g/mol. The van der Waals surface area contributed by atoms with E-state index in [2.05, 4.69) is 20.8 Å². The molecule has 1 aromatic carbocycles. The molecule has 0 saturated heterocycles. The number of hydrogen-bond donors (Lipinski definition) is 2. The van der Waals surface area contributed by atoms with E-state index in [1.165, 1.54) is 18.4 Å². The van der Waals surface area contributed by atoms with Crippen molar-refractivity contribution in [2.45, 2.75) is 11.8 Å². The molecule has 2 aromatic heterocycles. The second kappa shape index (κ2) is 9.94. The Labute approximate surface area is 174 Å². The second-order valence-electron chi connectivity index (χ2n) is 5.52. The number of nitrogens with zero attached hydrogens (tertiary/aromatic N) is 2. The number of nitrogens with one attached hydrogen (secondary N) is 2. The van der Waals surface area contributed by atoms with Crippen LogP contribution in [0.25, 0.3) is 0 Å². The fourth-order valence-electron chi connectivity index (χ4n) is 2.24. The molecule has 0 aliphatic rings. The number of thiophene rings is 1. The molecule has 2 heterocycles. The lowest BCUT2D eigenvalue weighted by atomic mass is 10.2. The largest absolute Gasteiger partial charge is 0.497 e. The van der Waals surface area contributed by atoms with Gasteiger partial charge in [-0.25, -0.2) is 0 Å². The van der Waals surface area contributed by atoms with Crippen LogP contribution < -0.4 is 20.1 Å². The van der Waals surface area contributed by atoms with E-state index in [-0.39, 0.29) is 35.2 Å². The normalized spacial score (nSPS) is 10.4. The van der Waals surface area contributed by atoms with Gasteiger partial charge < -0.3 is 24.5 Å². The van der Waals surface area contributed by atoms with Gasteiger partial charge in [-0.3, -0.25) is 9.59 Å². The average molecular weight is 434 g/mol. The van der Waals surface area contributed by atoms with Crippen LogP contribution in [-0.4, -0.2) is 42.0 Å². The topological polar surface area (TPSA) is 116 Å². The van der Waals surface area contributed by atoms with Gasteiger partial charge in [0.15, 0.2) is 0 Å². The van der Waals surface area contributed by atoms with E-state index in [9.17, 15) is 9.59 Å². The van der Waals surface area contributed by atoms with Gasteiger partial charge in [-0.2, -0.15) is 0 Å². The Hall–Kier alpha value is -3.05. The SMILES string of the molecule is COc1ccc(OC)c(NC(=O)CSc2nnc(CNC(=O)c3cccs3)o2)c1. The van der Waals surface area contributed by atoms with Gasteiger partial charge in [0.05, 0.1) is 37.1 Å². The molecule has 152 valence electrons. The number of aromatic nitrogens is 2. The van der Waals surface area contributed by atoms with E-state index >= 15 is 0 Å². The summed E-state index contributed by atoms with van der Waals surface area (Å²) in [5.74, 6) is 0.952. The lowest BCUT2D eigenvalue weighted by Crippen LogP contribution is -2.21. The molecule has 0 spiro atoms. The highest BCUT2D eigenvalue weighted by Gasteiger charge is 2.13. The molecular formula is C18H18N4O5S2. The Morgan fingerprint density at radius 2 is 2.07 bits per heavy atom. The molecule has 9 nitrogen and oxygen atoms in total. The minimum Gasteiger partial charge on any atom is -0.497 e. The maximum Gasteiger partial charge on any atom is 0.277 e. The van der Waals surface area contributed by atoms with E-state index in [1.54, 1.807) is 37.4 Å². The van der Waals surface area contributed by atoms with Crippen molar-refractivity contribution in [3.63, 3.8) is 0 Å². The van der Waals surface area contributed by atoms with Gasteiger partial charge in [-0.1, -0.05) is 17.8 Å². The average Bonchev–Trinajstić information content (AvgIpc) is 3.42. The molecular weight excluding hydrogens is 416 g/mol. The van der Waals surface area contributed by atoms with E-state index in [0.29, 0.717) is 22.1 Å². The Morgan fingerprint density at radius 1 is 1.21 bits per heavy atom. The van der Waals surface area contributed by atoms with Gasteiger partial charge in [-0.05, 0) is 23.6 Å². The molecule has 0 bridgehead atoms. The highest BCUT2D eigenvalue weighted by Crippen LogP contribution is 2.29. The molecule has 2 amide bonds. The highest BCUT2D eigenvalue weighted by molar-refractivity contribution is 7.99. The predicted octanol–water partition coefficient (Wildman–Crippen LogP) is 2.81. The molecule has 0 fully saturated rings. The van der Waals surface area contributed by atoms with Crippen molar-refractivity contribution in [1.29, 1.82) is 0 Å². The summed E-state index contributed by atoms with van der Waals surface area (Å²) >= 11 is 2.43. The standard InChI is InChI=1S/C18H18N4O5S2/c1-25-11-5-6-13(26-2)12(8-11)20-15(23)10-29-18-22-21-16(27-18)9-19-17(24)14-4-3-7-28-14/h3-8H,9-10H2,1-2H3,(H,19,24)(H,20,23). The van der Waals surface area contributed by atoms with E-state index in [4.69, 9.17) is 13.9 Å². The maximum atomic E-state index is 12.2. The van der Waals surface area contributed by atoms with Crippen LogP contribution in [0.3, 0.4) is 0 Å². The van der Waals surface area contributed by atoms with E-state index in [1.807, 2.05) is 5.38 Å². The molecule has 0 aliphatic carbocycles. The van der Waals surface area contributed by atoms with Crippen LogP contribution in [0, 0.1) is 0 Å². The van der Waals surface area contributed by atoms with E-state index in [0.717, 1.165) is 11.8 Å². The van der Waals surface area contributed by atoms with Gasteiger partial charge in [0.2, 0.25) is 11.8 Å². The van der Waals surface area contributed by atoms with Crippen LogP contribution in [0.15, 0.2) is 45.4 Å². The van der Waals surface area contributed by atoms with Crippen molar-refractivity contribution in [3.05, 3.63) is 46.5 Å². The number of hydrogen-bond acceptors (Lipinski definition) is 9. The van der Waals surface area contributed by atoms with Crippen LogP contribution >= 0.6 is 23.1 Å². The third kappa shape index (κ3) is 5.72. The van der Waals surface area contributed by atoms with Crippen LogP contribution in [0.5, 0.6) is 11.5 Å². The van der Waals surface area contributed by atoms with Crippen molar-refractivity contribution in [3.8, 4) is 11.5 Å². The number of amides is 2. The lowest BCUT2D eigenvalue weighted by Gasteiger charge is -2.11. The number of ether oxygens (including phenoxy) is 2. The Balaban J connectivity index is 1.49. The van der Waals surface area contributed by atoms with Gasteiger partial charge in [0.1, 0.15) is 11.5 Å².